The van der Waals surface area contributed by atoms with Crippen LogP contribution in [0.25, 0.3) is 0 Å². The van der Waals surface area contributed by atoms with E-state index in [-0.39, 0.29) is 17.7 Å². The monoisotopic (exact) mass is 367 g/mol. The maximum atomic E-state index is 12.8. The summed E-state index contributed by atoms with van der Waals surface area (Å²) < 4.78 is 1.78. The van der Waals surface area contributed by atoms with E-state index in [0.717, 1.165) is 6.42 Å². The average molecular weight is 367 g/mol. The van der Waals surface area contributed by atoms with E-state index in [2.05, 4.69) is 15.7 Å². The number of amides is 3. The van der Waals surface area contributed by atoms with Gasteiger partial charge in [0.25, 0.3) is 5.91 Å². The fourth-order valence-electron chi connectivity index (χ4n) is 3.62. The number of nitrogens with one attached hydrogen (secondary N) is 2. The van der Waals surface area contributed by atoms with Gasteiger partial charge in [-0.3, -0.25) is 19.1 Å². The number of anilines is 2. The van der Waals surface area contributed by atoms with Crippen LogP contribution in [0.15, 0.2) is 36.7 Å². The first-order valence-corrected chi connectivity index (χ1v) is 9.15. The van der Waals surface area contributed by atoms with Crippen molar-refractivity contribution in [2.24, 2.45) is 0 Å². The maximum Gasteiger partial charge on any atom is 0.256 e. The number of carbonyl (C=O) groups is 3. The maximum absolute atomic E-state index is 12.8. The number of aryl methyl sites for hydroxylation is 1. The molecule has 140 valence electrons. The molecule has 3 heterocycles. The zero-order valence-corrected chi connectivity index (χ0v) is 14.9. The molecular formula is C19H21N5O3. The van der Waals surface area contributed by atoms with Crippen LogP contribution >= 0.6 is 0 Å². The second kappa shape index (κ2) is 7.22. The average Bonchev–Trinajstić information content (AvgIpc) is 3.32. The molecule has 4 rings (SSSR count). The molecule has 0 spiro atoms. The van der Waals surface area contributed by atoms with Crippen molar-refractivity contribution in [1.29, 1.82) is 0 Å². The highest BCUT2D eigenvalue weighted by atomic mass is 16.2. The summed E-state index contributed by atoms with van der Waals surface area (Å²) in [6.45, 7) is 1.26. The SMILES string of the molecule is O=C(CCCn1cccn1)Nc1ccc2c(c1)C(=O)N1CCC[C@H]1C(=O)N2. The van der Waals surface area contributed by atoms with Gasteiger partial charge in [-0.25, -0.2) is 0 Å². The minimum Gasteiger partial charge on any atom is -0.327 e. The Labute approximate surface area is 156 Å². The quantitative estimate of drug-likeness (QED) is 0.843. The zero-order valence-electron chi connectivity index (χ0n) is 14.9. The van der Waals surface area contributed by atoms with Crippen LogP contribution in [0.5, 0.6) is 0 Å². The van der Waals surface area contributed by atoms with E-state index in [1.54, 1.807) is 34.0 Å². The third-order valence-electron chi connectivity index (χ3n) is 4.96. The van der Waals surface area contributed by atoms with Crippen LogP contribution < -0.4 is 10.6 Å². The van der Waals surface area contributed by atoms with Gasteiger partial charge in [-0.2, -0.15) is 5.10 Å². The molecule has 0 unspecified atom stereocenters. The minimum absolute atomic E-state index is 0.119. The lowest BCUT2D eigenvalue weighted by atomic mass is 10.1. The molecule has 0 saturated carbocycles. The van der Waals surface area contributed by atoms with Crippen molar-refractivity contribution < 1.29 is 14.4 Å². The summed E-state index contributed by atoms with van der Waals surface area (Å²) in [7, 11) is 0. The molecule has 2 N–H and O–H groups in total. The first-order chi connectivity index (χ1) is 13.1. The number of rotatable bonds is 5. The molecule has 1 aromatic heterocycles. The Bertz CT molecular complexity index is 877. The lowest BCUT2D eigenvalue weighted by Crippen LogP contribution is -2.40. The molecule has 27 heavy (non-hydrogen) atoms. The molecule has 0 bridgehead atoms. The standard InChI is InChI=1S/C19H21N5O3/c25-17(5-2-9-23-10-3-8-20-23)21-13-6-7-15-14(12-13)19(27)24-11-1-4-16(24)18(26)22-15/h3,6-8,10,12,16H,1-2,4-5,9,11H2,(H,21,25)(H,22,26)/t16-/m0/s1. The molecule has 2 aliphatic heterocycles. The molecule has 1 fully saturated rings. The van der Waals surface area contributed by atoms with Gasteiger partial charge >= 0.3 is 0 Å². The fourth-order valence-corrected chi connectivity index (χ4v) is 3.62. The van der Waals surface area contributed by atoms with Crippen molar-refractivity contribution in [2.45, 2.75) is 38.3 Å². The van der Waals surface area contributed by atoms with Crippen molar-refractivity contribution in [3.8, 4) is 0 Å². The smallest absolute Gasteiger partial charge is 0.256 e. The van der Waals surface area contributed by atoms with Gasteiger partial charge in [0.15, 0.2) is 0 Å². The molecule has 1 atom stereocenters. The van der Waals surface area contributed by atoms with Crippen LogP contribution in [0.2, 0.25) is 0 Å². The molecule has 2 aliphatic rings. The van der Waals surface area contributed by atoms with Crippen LogP contribution in [0.3, 0.4) is 0 Å². The third-order valence-corrected chi connectivity index (χ3v) is 4.96. The van der Waals surface area contributed by atoms with Gasteiger partial charge in [0, 0.05) is 37.6 Å². The molecule has 8 heteroatoms. The predicted molar refractivity (Wildman–Crippen MR) is 99.2 cm³/mol. The number of benzene rings is 1. The number of carbonyl (C=O) groups excluding carboxylic acids is 3. The van der Waals surface area contributed by atoms with Crippen molar-refractivity contribution in [3.05, 3.63) is 42.2 Å². The first-order valence-electron chi connectivity index (χ1n) is 9.15. The van der Waals surface area contributed by atoms with Crippen LogP contribution in [0.1, 0.15) is 36.0 Å². The molecule has 2 aromatic rings. The number of hydrogen-bond donors (Lipinski definition) is 2. The Morgan fingerprint density at radius 3 is 3.04 bits per heavy atom. The van der Waals surface area contributed by atoms with Crippen LogP contribution in [-0.2, 0) is 16.1 Å². The highest BCUT2D eigenvalue weighted by Gasteiger charge is 2.38. The lowest BCUT2D eigenvalue weighted by molar-refractivity contribution is -0.119. The van der Waals surface area contributed by atoms with Gasteiger partial charge in [-0.15, -0.1) is 0 Å². The van der Waals surface area contributed by atoms with E-state index in [1.807, 2.05) is 12.3 Å². The van der Waals surface area contributed by atoms with Crippen molar-refractivity contribution in [3.63, 3.8) is 0 Å². The summed E-state index contributed by atoms with van der Waals surface area (Å²) in [5.74, 6) is -0.429. The molecule has 0 radical (unpaired) electrons. The second-order valence-corrected chi connectivity index (χ2v) is 6.83. The summed E-state index contributed by atoms with van der Waals surface area (Å²) in [4.78, 5) is 38.9. The van der Waals surface area contributed by atoms with Gasteiger partial charge in [-0.05, 0) is 43.5 Å². The van der Waals surface area contributed by atoms with Crippen molar-refractivity contribution in [2.75, 3.05) is 17.2 Å². The van der Waals surface area contributed by atoms with E-state index in [9.17, 15) is 14.4 Å². The largest absolute Gasteiger partial charge is 0.327 e. The van der Waals surface area contributed by atoms with E-state index in [4.69, 9.17) is 0 Å². The van der Waals surface area contributed by atoms with E-state index >= 15 is 0 Å². The number of aromatic nitrogens is 2. The topological polar surface area (TPSA) is 96.3 Å². The third kappa shape index (κ3) is 3.55. The fraction of sp³-hybridized carbons (Fsp3) is 0.368. The molecule has 8 nitrogen and oxygen atoms in total. The summed E-state index contributed by atoms with van der Waals surface area (Å²) in [6.07, 6.45) is 6.10. The second-order valence-electron chi connectivity index (χ2n) is 6.83. The van der Waals surface area contributed by atoms with Gasteiger partial charge in [-0.1, -0.05) is 0 Å². The van der Waals surface area contributed by atoms with Gasteiger partial charge in [0.2, 0.25) is 11.8 Å². The Morgan fingerprint density at radius 1 is 1.33 bits per heavy atom. The Balaban J connectivity index is 1.43. The van der Waals surface area contributed by atoms with E-state index in [1.165, 1.54) is 0 Å². The zero-order chi connectivity index (χ0) is 18.8. The predicted octanol–water partition coefficient (Wildman–Crippen LogP) is 1.86. The molecular weight excluding hydrogens is 346 g/mol. The van der Waals surface area contributed by atoms with Gasteiger partial charge in [0.1, 0.15) is 6.04 Å². The van der Waals surface area contributed by atoms with Crippen molar-refractivity contribution in [1.82, 2.24) is 14.7 Å². The molecule has 0 aliphatic carbocycles. The number of fused-ring (bicyclic) bond motifs is 2. The van der Waals surface area contributed by atoms with E-state index < -0.39 is 6.04 Å². The Morgan fingerprint density at radius 2 is 2.22 bits per heavy atom. The Hall–Kier alpha value is -3.16. The summed E-state index contributed by atoms with van der Waals surface area (Å²) >= 11 is 0. The Kier molecular flexibility index (Phi) is 4.62. The number of nitrogens with zero attached hydrogens (tertiary/aromatic N) is 3. The highest BCUT2D eigenvalue weighted by Crippen LogP contribution is 2.30. The normalized spacial score (nSPS) is 18.5. The minimum atomic E-state index is -0.398. The summed E-state index contributed by atoms with van der Waals surface area (Å²) in [6, 6.07) is 6.46. The van der Waals surface area contributed by atoms with Crippen LogP contribution in [0, 0.1) is 0 Å². The van der Waals surface area contributed by atoms with Crippen LogP contribution in [0.4, 0.5) is 11.4 Å². The lowest BCUT2D eigenvalue weighted by Gasteiger charge is -2.20. The van der Waals surface area contributed by atoms with Crippen LogP contribution in [-0.4, -0.2) is 45.0 Å². The van der Waals surface area contributed by atoms with Gasteiger partial charge in [0.05, 0.1) is 11.3 Å². The molecule has 1 saturated heterocycles. The molecule has 3 amide bonds. The van der Waals surface area contributed by atoms with Gasteiger partial charge < -0.3 is 15.5 Å². The molecule has 1 aromatic carbocycles. The van der Waals surface area contributed by atoms with Crippen molar-refractivity contribution >= 4 is 29.1 Å². The first kappa shape index (κ1) is 17.3. The summed E-state index contributed by atoms with van der Waals surface area (Å²) in [5, 5.41) is 9.77. The summed E-state index contributed by atoms with van der Waals surface area (Å²) in [5.41, 5.74) is 1.47. The number of hydrogen-bond acceptors (Lipinski definition) is 4. The highest BCUT2D eigenvalue weighted by molar-refractivity contribution is 6.11. The van der Waals surface area contributed by atoms with E-state index in [0.29, 0.717) is 49.3 Å².